The number of aryl methyl sites for hydroxylation is 1. The molecule has 0 spiro atoms. The minimum atomic E-state index is -4.24. The molecule has 0 aromatic heterocycles. The molecular formula is C31H39N3O6S. The molecule has 10 heteroatoms. The lowest BCUT2D eigenvalue weighted by molar-refractivity contribution is -0.139. The number of amides is 2. The number of para-hydroxylation sites is 1. The van der Waals surface area contributed by atoms with Gasteiger partial charge in [-0.05, 0) is 62.6 Å². The Morgan fingerprint density at radius 3 is 2.15 bits per heavy atom. The highest BCUT2D eigenvalue weighted by Gasteiger charge is 2.33. The largest absolute Gasteiger partial charge is 0.493 e. The van der Waals surface area contributed by atoms with Crippen molar-refractivity contribution in [3.05, 3.63) is 83.9 Å². The Bertz CT molecular complexity index is 1450. The Balaban J connectivity index is 2.05. The molecule has 9 nitrogen and oxygen atoms in total. The molecule has 0 saturated heterocycles. The molecule has 0 saturated carbocycles. The van der Waals surface area contributed by atoms with Crippen molar-refractivity contribution in [2.75, 3.05) is 25.1 Å². The first-order valence-electron chi connectivity index (χ1n) is 13.5. The van der Waals surface area contributed by atoms with Crippen LogP contribution in [0.3, 0.4) is 0 Å². The second-order valence-corrected chi connectivity index (χ2v) is 11.7. The highest BCUT2D eigenvalue weighted by Crippen LogP contribution is 2.32. The third kappa shape index (κ3) is 7.58. The lowest BCUT2D eigenvalue weighted by Crippen LogP contribution is -2.52. The average Bonchev–Trinajstić information content (AvgIpc) is 2.98. The number of sulfonamides is 1. The molecule has 220 valence electrons. The molecule has 2 atom stereocenters. The Morgan fingerprint density at radius 2 is 1.54 bits per heavy atom. The van der Waals surface area contributed by atoms with Crippen LogP contribution in [-0.4, -0.2) is 58.0 Å². The summed E-state index contributed by atoms with van der Waals surface area (Å²) in [5.74, 6) is -0.216. The highest BCUT2D eigenvalue weighted by molar-refractivity contribution is 7.92. The first-order valence-corrected chi connectivity index (χ1v) is 14.9. The molecule has 0 aliphatic heterocycles. The maximum Gasteiger partial charge on any atom is 0.264 e. The van der Waals surface area contributed by atoms with Gasteiger partial charge in [0.05, 0.1) is 24.8 Å². The van der Waals surface area contributed by atoms with E-state index in [-0.39, 0.29) is 29.1 Å². The molecule has 1 N–H and O–H groups in total. The van der Waals surface area contributed by atoms with Crippen molar-refractivity contribution < 1.29 is 27.5 Å². The van der Waals surface area contributed by atoms with Gasteiger partial charge in [0.2, 0.25) is 11.8 Å². The van der Waals surface area contributed by atoms with Crippen LogP contribution >= 0.6 is 0 Å². The lowest BCUT2D eigenvalue weighted by atomic mass is 10.1. The maximum atomic E-state index is 14.0. The van der Waals surface area contributed by atoms with E-state index in [0.29, 0.717) is 11.4 Å². The van der Waals surface area contributed by atoms with Crippen LogP contribution in [0.2, 0.25) is 0 Å². The monoisotopic (exact) mass is 581 g/mol. The van der Waals surface area contributed by atoms with Crippen LogP contribution in [0.5, 0.6) is 11.5 Å². The van der Waals surface area contributed by atoms with E-state index in [1.165, 1.54) is 37.3 Å². The minimum absolute atomic E-state index is 0.0696. The van der Waals surface area contributed by atoms with E-state index in [2.05, 4.69) is 5.32 Å². The van der Waals surface area contributed by atoms with Crippen molar-refractivity contribution in [1.29, 1.82) is 0 Å². The van der Waals surface area contributed by atoms with E-state index in [4.69, 9.17) is 9.47 Å². The Morgan fingerprint density at radius 1 is 0.902 bits per heavy atom. The summed E-state index contributed by atoms with van der Waals surface area (Å²) >= 11 is 0. The van der Waals surface area contributed by atoms with Crippen molar-refractivity contribution in [3.63, 3.8) is 0 Å². The van der Waals surface area contributed by atoms with Crippen LogP contribution in [0.4, 0.5) is 5.69 Å². The van der Waals surface area contributed by atoms with Gasteiger partial charge in [-0.3, -0.25) is 13.9 Å². The average molecular weight is 582 g/mol. The zero-order valence-corrected chi connectivity index (χ0v) is 25.3. The predicted octanol–water partition coefficient (Wildman–Crippen LogP) is 4.54. The van der Waals surface area contributed by atoms with Crippen LogP contribution in [0.25, 0.3) is 0 Å². The quantitative estimate of drug-likeness (QED) is 0.318. The summed E-state index contributed by atoms with van der Waals surface area (Å²) in [6, 6.07) is 19.3. The summed E-state index contributed by atoms with van der Waals surface area (Å²) in [6.07, 6.45) is 0.732. The number of carbonyl (C=O) groups is 2. The number of nitrogens with one attached hydrogen (secondary N) is 1. The summed E-state index contributed by atoms with van der Waals surface area (Å²) in [7, 11) is -1.36. The zero-order chi connectivity index (χ0) is 30.2. The number of ether oxygens (including phenoxy) is 2. The lowest BCUT2D eigenvalue weighted by Gasteiger charge is -2.32. The van der Waals surface area contributed by atoms with Crippen LogP contribution in [0.15, 0.2) is 77.7 Å². The van der Waals surface area contributed by atoms with Crippen LogP contribution < -0.4 is 19.1 Å². The fraction of sp³-hybridized carbons (Fsp3) is 0.355. The third-order valence-electron chi connectivity index (χ3n) is 7.04. The molecular weight excluding hydrogens is 542 g/mol. The van der Waals surface area contributed by atoms with Gasteiger partial charge in [0.1, 0.15) is 12.6 Å². The molecule has 3 aromatic rings. The second-order valence-electron chi connectivity index (χ2n) is 9.81. The Labute approximate surface area is 243 Å². The summed E-state index contributed by atoms with van der Waals surface area (Å²) in [6.45, 7) is 7.06. The van der Waals surface area contributed by atoms with E-state index in [9.17, 15) is 18.0 Å². The van der Waals surface area contributed by atoms with Crippen molar-refractivity contribution in [2.45, 2.75) is 57.6 Å². The SMILES string of the molecule is CC[C@H](C)NC(=O)[C@@H](C)N(Cc1ccccc1C)C(=O)CN(c1ccccc1)S(=O)(=O)c1ccc(OC)c(OC)c1. The van der Waals surface area contributed by atoms with Gasteiger partial charge in [0.25, 0.3) is 10.0 Å². The highest BCUT2D eigenvalue weighted by atomic mass is 32.2. The normalized spacial score (nSPS) is 12.6. The van der Waals surface area contributed by atoms with Crippen molar-refractivity contribution in [1.82, 2.24) is 10.2 Å². The van der Waals surface area contributed by atoms with Gasteiger partial charge >= 0.3 is 0 Å². The number of benzene rings is 3. The summed E-state index contributed by atoms with van der Waals surface area (Å²) in [5, 5.41) is 2.94. The Kier molecular flexibility index (Phi) is 10.8. The molecule has 0 unspecified atom stereocenters. The molecule has 41 heavy (non-hydrogen) atoms. The van der Waals surface area contributed by atoms with E-state index >= 15 is 0 Å². The van der Waals surface area contributed by atoms with Gasteiger partial charge in [-0.25, -0.2) is 8.42 Å². The van der Waals surface area contributed by atoms with Crippen molar-refractivity contribution >= 4 is 27.5 Å². The minimum Gasteiger partial charge on any atom is -0.493 e. The number of hydrogen-bond acceptors (Lipinski definition) is 6. The molecule has 0 fully saturated rings. The fourth-order valence-electron chi connectivity index (χ4n) is 4.25. The topological polar surface area (TPSA) is 105 Å². The molecule has 3 rings (SSSR count). The molecule has 2 amide bonds. The van der Waals surface area contributed by atoms with Gasteiger partial charge < -0.3 is 19.7 Å². The smallest absolute Gasteiger partial charge is 0.264 e. The van der Waals surface area contributed by atoms with Crippen LogP contribution in [-0.2, 0) is 26.2 Å². The molecule has 0 aliphatic carbocycles. The first-order chi connectivity index (χ1) is 19.5. The number of nitrogens with zero attached hydrogens (tertiary/aromatic N) is 2. The number of carbonyl (C=O) groups excluding carboxylic acids is 2. The van der Waals surface area contributed by atoms with E-state index < -0.39 is 28.5 Å². The van der Waals surface area contributed by atoms with Gasteiger partial charge in [-0.1, -0.05) is 49.4 Å². The Hall–Kier alpha value is -4.05. The van der Waals surface area contributed by atoms with E-state index in [0.717, 1.165) is 21.9 Å². The standard InChI is InChI=1S/C31H39N3O6S/c1-7-23(3)32-31(36)24(4)33(20-25-14-12-11-13-22(25)2)30(35)21-34(26-15-9-8-10-16-26)41(37,38)27-17-18-28(39-5)29(19-27)40-6/h8-19,23-24H,7,20-21H2,1-6H3,(H,32,36)/t23-,24+/m0/s1. The van der Waals surface area contributed by atoms with E-state index in [1.807, 2.05) is 45.0 Å². The first kappa shape index (κ1) is 31.5. The van der Waals surface area contributed by atoms with Crippen molar-refractivity contribution in [3.8, 4) is 11.5 Å². The zero-order valence-electron chi connectivity index (χ0n) is 24.5. The second kappa shape index (κ2) is 14.0. The van der Waals surface area contributed by atoms with Crippen molar-refractivity contribution in [2.24, 2.45) is 0 Å². The van der Waals surface area contributed by atoms with Crippen LogP contribution in [0, 0.1) is 6.92 Å². The summed E-state index contributed by atoms with van der Waals surface area (Å²) in [4.78, 5) is 28.6. The molecule has 0 radical (unpaired) electrons. The summed E-state index contributed by atoms with van der Waals surface area (Å²) in [5.41, 5.74) is 2.12. The van der Waals surface area contributed by atoms with Gasteiger partial charge in [0, 0.05) is 18.7 Å². The van der Waals surface area contributed by atoms with Gasteiger partial charge in [-0.15, -0.1) is 0 Å². The predicted molar refractivity (Wildman–Crippen MR) is 160 cm³/mol. The van der Waals surface area contributed by atoms with E-state index in [1.54, 1.807) is 37.3 Å². The van der Waals surface area contributed by atoms with Gasteiger partial charge in [0.15, 0.2) is 11.5 Å². The summed E-state index contributed by atoms with van der Waals surface area (Å²) < 4.78 is 39.7. The number of anilines is 1. The van der Waals surface area contributed by atoms with Gasteiger partial charge in [-0.2, -0.15) is 0 Å². The number of rotatable bonds is 13. The number of hydrogen-bond donors (Lipinski definition) is 1. The molecule has 0 aliphatic rings. The number of methoxy groups -OCH3 is 2. The molecule has 0 bridgehead atoms. The maximum absolute atomic E-state index is 14.0. The molecule has 3 aromatic carbocycles. The third-order valence-corrected chi connectivity index (χ3v) is 8.81. The molecule has 0 heterocycles. The van der Waals surface area contributed by atoms with Crippen LogP contribution in [0.1, 0.15) is 38.3 Å². The fourth-order valence-corrected chi connectivity index (χ4v) is 5.68.